The number of halogens is 1. The van der Waals surface area contributed by atoms with E-state index in [1.807, 2.05) is 0 Å². The predicted molar refractivity (Wildman–Crippen MR) is 121 cm³/mol. The molecule has 2 aromatic carbocycles. The number of ether oxygens (including phenoxy) is 2. The van der Waals surface area contributed by atoms with Crippen molar-refractivity contribution in [2.45, 2.75) is 26.9 Å². The van der Waals surface area contributed by atoms with Gasteiger partial charge in [0.05, 0.1) is 28.6 Å². The number of carbonyl (C=O) groups is 1. The molecule has 0 aliphatic heterocycles. The van der Waals surface area contributed by atoms with Crippen LogP contribution in [0.1, 0.15) is 25.2 Å². The maximum atomic E-state index is 12.9. The second kappa shape index (κ2) is 9.69. The lowest BCUT2D eigenvalue weighted by atomic mass is 10.2. The molecule has 0 saturated heterocycles. The van der Waals surface area contributed by atoms with Crippen LogP contribution in [0.5, 0.6) is 5.75 Å². The first-order valence-corrected chi connectivity index (χ1v) is 10.4. The SMILES string of the molecule is CCOC(=O)[C@H](C)Oc1c(C=Nn2c(C)nc3ccc(Br)cc3c2=O)cccc1[N+](=O)[O-]. The number of hydrogen-bond acceptors (Lipinski definition) is 8. The van der Waals surface area contributed by atoms with Crippen molar-refractivity contribution >= 4 is 44.7 Å². The third-order valence-corrected chi connectivity index (χ3v) is 4.91. The molecule has 0 aliphatic rings. The minimum absolute atomic E-state index is 0.144. The van der Waals surface area contributed by atoms with Gasteiger partial charge in [0.25, 0.3) is 5.56 Å². The third-order valence-electron chi connectivity index (χ3n) is 4.42. The lowest BCUT2D eigenvalue weighted by Gasteiger charge is -2.15. The van der Waals surface area contributed by atoms with Gasteiger partial charge in [0.1, 0.15) is 5.82 Å². The van der Waals surface area contributed by atoms with Crippen molar-refractivity contribution in [2.24, 2.45) is 5.10 Å². The number of aryl methyl sites for hydroxylation is 1. The average molecular weight is 503 g/mol. The Morgan fingerprint density at radius 1 is 1.38 bits per heavy atom. The molecule has 3 aromatic rings. The molecule has 11 heteroatoms. The van der Waals surface area contributed by atoms with Gasteiger partial charge in [-0.25, -0.2) is 9.78 Å². The molecule has 32 heavy (non-hydrogen) atoms. The molecule has 0 amide bonds. The normalized spacial score (nSPS) is 12.1. The van der Waals surface area contributed by atoms with E-state index in [1.54, 1.807) is 32.0 Å². The van der Waals surface area contributed by atoms with E-state index in [2.05, 4.69) is 26.0 Å². The van der Waals surface area contributed by atoms with Gasteiger partial charge in [-0.1, -0.05) is 22.0 Å². The number of nitro benzene ring substituents is 1. The fraction of sp³-hybridized carbons (Fsp3) is 0.238. The van der Waals surface area contributed by atoms with Crippen molar-refractivity contribution in [1.82, 2.24) is 9.66 Å². The van der Waals surface area contributed by atoms with Crippen LogP contribution in [0.25, 0.3) is 10.9 Å². The molecule has 0 fully saturated rings. The third kappa shape index (κ3) is 4.83. The lowest BCUT2D eigenvalue weighted by Crippen LogP contribution is -2.27. The highest BCUT2D eigenvalue weighted by Gasteiger charge is 2.24. The highest BCUT2D eigenvalue weighted by molar-refractivity contribution is 9.10. The number of rotatable bonds is 7. The van der Waals surface area contributed by atoms with Gasteiger partial charge < -0.3 is 9.47 Å². The van der Waals surface area contributed by atoms with E-state index >= 15 is 0 Å². The van der Waals surface area contributed by atoms with Crippen LogP contribution in [0.15, 0.2) is 50.8 Å². The highest BCUT2D eigenvalue weighted by Crippen LogP contribution is 2.31. The predicted octanol–water partition coefficient (Wildman–Crippen LogP) is 3.59. The Morgan fingerprint density at radius 2 is 2.12 bits per heavy atom. The highest BCUT2D eigenvalue weighted by atomic mass is 79.9. The molecule has 0 N–H and O–H groups in total. The van der Waals surface area contributed by atoms with Crippen LogP contribution >= 0.6 is 15.9 Å². The summed E-state index contributed by atoms with van der Waals surface area (Å²) in [6, 6.07) is 9.35. The number of esters is 1. The van der Waals surface area contributed by atoms with E-state index in [0.29, 0.717) is 21.2 Å². The molecule has 3 rings (SSSR count). The van der Waals surface area contributed by atoms with Crippen LogP contribution in [-0.2, 0) is 9.53 Å². The Labute approximate surface area is 190 Å². The summed E-state index contributed by atoms with van der Waals surface area (Å²) in [6.45, 7) is 4.83. The van der Waals surface area contributed by atoms with E-state index in [-0.39, 0.29) is 23.6 Å². The van der Waals surface area contributed by atoms with Crippen LogP contribution in [0.4, 0.5) is 5.69 Å². The van der Waals surface area contributed by atoms with E-state index in [0.717, 1.165) is 4.68 Å². The van der Waals surface area contributed by atoms with Gasteiger partial charge in [-0.2, -0.15) is 9.78 Å². The maximum Gasteiger partial charge on any atom is 0.347 e. The summed E-state index contributed by atoms with van der Waals surface area (Å²) < 4.78 is 12.3. The van der Waals surface area contributed by atoms with Crippen molar-refractivity contribution in [3.05, 3.63) is 72.7 Å². The van der Waals surface area contributed by atoms with E-state index in [9.17, 15) is 19.7 Å². The number of para-hydroxylation sites is 1. The van der Waals surface area contributed by atoms with Crippen LogP contribution in [-0.4, -0.2) is 39.5 Å². The van der Waals surface area contributed by atoms with E-state index in [4.69, 9.17) is 9.47 Å². The molecule has 166 valence electrons. The maximum absolute atomic E-state index is 12.9. The number of nitro groups is 1. The number of aromatic nitrogens is 2. The van der Waals surface area contributed by atoms with Crippen LogP contribution in [0, 0.1) is 17.0 Å². The molecule has 0 unspecified atom stereocenters. The Kier molecular flexibility index (Phi) is 6.98. The molecule has 1 aromatic heterocycles. The fourth-order valence-corrected chi connectivity index (χ4v) is 3.28. The van der Waals surface area contributed by atoms with Crippen molar-refractivity contribution < 1.29 is 19.2 Å². The summed E-state index contributed by atoms with van der Waals surface area (Å²) in [4.78, 5) is 40.1. The summed E-state index contributed by atoms with van der Waals surface area (Å²) in [5.41, 5.74) is -0.0339. The lowest BCUT2D eigenvalue weighted by molar-refractivity contribution is -0.386. The molecule has 0 spiro atoms. The quantitative estimate of drug-likeness (QED) is 0.209. The number of carbonyl (C=O) groups excluding carboxylic acids is 1. The van der Waals surface area contributed by atoms with Gasteiger partial charge in [-0.15, -0.1) is 0 Å². The zero-order chi connectivity index (χ0) is 23.4. The van der Waals surface area contributed by atoms with Gasteiger partial charge in [0, 0.05) is 16.1 Å². The Balaban J connectivity index is 2.07. The standard InChI is InChI=1S/C21H19BrN4O6/c1-4-31-21(28)12(2)32-19-14(6-5-7-18(19)26(29)30)11-23-25-13(3)24-17-9-8-15(22)10-16(17)20(25)27/h5-12H,4H2,1-3H3/t12-/m0/s1. The van der Waals surface area contributed by atoms with Crippen LogP contribution < -0.4 is 10.3 Å². The van der Waals surface area contributed by atoms with E-state index in [1.165, 1.54) is 31.3 Å². The number of nitrogens with zero attached hydrogens (tertiary/aromatic N) is 4. The minimum atomic E-state index is -1.09. The van der Waals surface area contributed by atoms with Crippen molar-refractivity contribution in [2.75, 3.05) is 6.61 Å². The molecule has 1 heterocycles. The molecule has 0 saturated carbocycles. The fourth-order valence-electron chi connectivity index (χ4n) is 2.92. The van der Waals surface area contributed by atoms with Gasteiger partial charge in [-0.05, 0) is 45.0 Å². The molecule has 0 bridgehead atoms. The molecular formula is C21H19BrN4O6. The Hall–Kier alpha value is -3.60. The van der Waals surface area contributed by atoms with Crippen LogP contribution in [0.2, 0.25) is 0 Å². The van der Waals surface area contributed by atoms with Gasteiger partial charge >= 0.3 is 11.7 Å². The van der Waals surface area contributed by atoms with E-state index < -0.39 is 22.6 Å². The topological polar surface area (TPSA) is 126 Å². The minimum Gasteiger partial charge on any atom is -0.471 e. The monoisotopic (exact) mass is 502 g/mol. The summed E-state index contributed by atoms with van der Waals surface area (Å²) in [6.07, 6.45) is 0.160. The Morgan fingerprint density at radius 3 is 2.81 bits per heavy atom. The van der Waals surface area contributed by atoms with Gasteiger partial charge in [-0.3, -0.25) is 14.9 Å². The molecular weight excluding hydrogens is 484 g/mol. The summed E-state index contributed by atoms with van der Waals surface area (Å²) in [7, 11) is 0. The molecule has 1 atom stereocenters. The first-order chi connectivity index (χ1) is 15.2. The zero-order valence-electron chi connectivity index (χ0n) is 17.4. The zero-order valence-corrected chi connectivity index (χ0v) is 19.0. The Bertz CT molecular complexity index is 1290. The van der Waals surface area contributed by atoms with Gasteiger partial charge in [0.15, 0.2) is 6.10 Å². The molecule has 0 aliphatic carbocycles. The molecule has 10 nitrogen and oxygen atoms in total. The number of fused-ring (bicyclic) bond motifs is 1. The first kappa shape index (κ1) is 23.1. The number of hydrogen-bond donors (Lipinski definition) is 0. The average Bonchev–Trinajstić information content (AvgIpc) is 2.75. The second-order valence-corrected chi connectivity index (χ2v) is 7.56. The summed E-state index contributed by atoms with van der Waals surface area (Å²) in [5.74, 6) is -0.497. The molecule has 0 radical (unpaired) electrons. The first-order valence-electron chi connectivity index (χ1n) is 9.57. The summed E-state index contributed by atoms with van der Waals surface area (Å²) >= 11 is 3.33. The van der Waals surface area contributed by atoms with Crippen molar-refractivity contribution in [1.29, 1.82) is 0 Å². The largest absolute Gasteiger partial charge is 0.471 e. The second-order valence-electron chi connectivity index (χ2n) is 6.65. The van der Waals surface area contributed by atoms with Crippen molar-refractivity contribution in [3.8, 4) is 5.75 Å². The van der Waals surface area contributed by atoms with Crippen LogP contribution in [0.3, 0.4) is 0 Å². The van der Waals surface area contributed by atoms with Crippen molar-refractivity contribution in [3.63, 3.8) is 0 Å². The number of benzene rings is 2. The summed E-state index contributed by atoms with van der Waals surface area (Å²) in [5, 5.41) is 16.0. The van der Waals surface area contributed by atoms with Gasteiger partial charge in [0.2, 0.25) is 5.75 Å². The smallest absolute Gasteiger partial charge is 0.347 e.